The first kappa shape index (κ1) is 38.7. The van der Waals surface area contributed by atoms with Crippen molar-refractivity contribution in [3.63, 3.8) is 0 Å². The zero-order valence-corrected chi connectivity index (χ0v) is 37.3. The van der Waals surface area contributed by atoms with E-state index in [0.29, 0.717) is 11.5 Å². The number of aromatic nitrogens is 6. The third-order valence-corrected chi connectivity index (χ3v) is 12.2. The molecule has 0 spiro atoms. The predicted octanol–water partition coefficient (Wildman–Crippen LogP) is 12.5. The molecule has 0 aliphatic carbocycles. The van der Waals surface area contributed by atoms with Crippen molar-refractivity contribution in [1.82, 2.24) is 23.3 Å². The minimum atomic E-state index is -0.0991. The standard InChI is InChI=1S/C55H40N6O.Pt/c1-55(2,3)36-28-29-56-48(32-36)61-47-34-41(62-40-21-15-20-39(33-40)59-31-30-58(35-59)37-16-7-5-8-17-37)26-27-44(47)50-49-43-23-12-14-25-46(43)60(38-18-9-6-10-19-38)52(49)51-42-22-11-13-24-45(42)57(4)53(51)54(50)61;/h5-32H,1-4H3;/q-2;. The second kappa shape index (κ2) is 14.7. The molecule has 7 aromatic carbocycles. The molecule has 5 heterocycles. The van der Waals surface area contributed by atoms with Gasteiger partial charge in [0, 0.05) is 91.0 Å². The monoisotopic (exact) mass is 995 g/mol. The van der Waals surface area contributed by atoms with Gasteiger partial charge in [0.2, 0.25) is 0 Å². The van der Waals surface area contributed by atoms with Gasteiger partial charge in [0.05, 0.1) is 27.8 Å². The number of hydrogen-bond acceptors (Lipinski definition) is 2. The van der Waals surface area contributed by atoms with Crippen molar-refractivity contribution < 1.29 is 30.4 Å². The fourth-order valence-corrected chi connectivity index (χ4v) is 9.39. The fraction of sp³-hybridized carbons (Fsp3) is 0.0909. The van der Waals surface area contributed by atoms with Gasteiger partial charge in [-0.2, -0.15) is 18.2 Å². The van der Waals surface area contributed by atoms with Gasteiger partial charge in [-0.05, 0) is 70.6 Å². The van der Waals surface area contributed by atoms with Crippen LogP contribution in [0.2, 0.25) is 0 Å². The Bertz CT molecular complexity index is 3720. The maximum atomic E-state index is 6.70. The number of para-hydroxylation sites is 4. The summed E-state index contributed by atoms with van der Waals surface area (Å²) in [4.78, 5) is 5.14. The summed E-state index contributed by atoms with van der Waals surface area (Å²) in [6, 6.07) is 60.2. The summed E-state index contributed by atoms with van der Waals surface area (Å²) in [5.41, 5.74) is 10.6. The van der Waals surface area contributed by atoms with Crippen LogP contribution in [0.5, 0.6) is 11.5 Å². The largest absolute Gasteiger partial charge is 0.510 e. The first-order chi connectivity index (χ1) is 30.3. The Hall–Kier alpha value is -7.21. The summed E-state index contributed by atoms with van der Waals surface area (Å²) in [6.45, 7) is 6.74. The molecule has 0 amide bonds. The summed E-state index contributed by atoms with van der Waals surface area (Å²) >= 11 is 0. The number of pyridine rings is 1. The van der Waals surface area contributed by atoms with E-state index >= 15 is 0 Å². The molecule has 0 saturated heterocycles. The molecule has 12 aromatic rings. The Balaban J connectivity index is 0.00000444. The summed E-state index contributed by atoms with van der Waals surface area (Å²) in [5, 5.41) is 6.98. The van der Waals surface area contributed by atoms with Crippen LogP contribution in [0.1, 0.15) is 26.3 Å². The van der Waals surface area contributed by atoms with Crippen molar-refractivity contribution in [2.24, 2.45) is 7.05 Å². The average Bonchev–Trinajstić information content (AvgIpc) is 4.08. The Morgan fingerprint density at radius 3 is 2.02 bits per heavy atom. The maximum absolute atomic E-state index is 6.70. The summed E-state index contributed by atoms with van der Waals surface area (Å²) in [7, 11) is 2.19. The Morgan fingerprint density at radius 1 is 0.587 bits per heavy atom. The molecule has 0 aliphatic heterocycles. The van der Waals surface area contributed by atoms with E-state index in [1.807, 2.05) is 70.2 Å². The van der Waals surface area contributed by atoms with Gasteiger partial charge in [-0.15, -0.1) is 29.7 Å². The van der Waals surface area contributed by atoms with E-state index in [-0.39, 0.29) is 26.5 Å². The Labute approximate surface area is 378 Å². The van der Waals surface area contributed by atoms with Gasteiger partial charge in [0.1, 0.15) is 5.82 Å². The molecular weight excluding hydrogens is 956 g/mol. The van der Waals surface area contributed by atoms with Gasteiger partial charge in [-0.1, -0.05) is 99.1 Å². The van der Waals surface area contributed by atoms with Crippen LogP contribution in [0.15, 0.2) is 170 Å². The van der Waals surface area contributed by atoms with Crippen molar-refractivity contribution in [2.75, 3.05) is 0 Å². The van der Waals surface area contributed by atoms with Gasteiger partial charge in [-0.3, -0.25) is 4.57 Å². The van der Waals surface area contributed by atoms with Crippen molar-refractivity contribution >= 4 is 65.4 Å². The van der Waals surface area contributed by atoms with E-state index in [1.54, 1.807) is 0 Å². The van der Waals surface area contributed by atoms with Crippen LogP contribution in [-0.4, -0.2) is 23.3 Å². The second-order valence-corrected chi connectivity index (χ2v) is 17.0. The molecule has 5 aromatic heterocycles. The average molecular weight is 996 g/mol. The number of fused-ring (bicyclic) bond motifs is 12. The number of benzene rings is 7. The van der Waals surface area contributed by atoms with E-state index in [0.717, 1.165) is 61.2 Å². The van der Waals surface area contributed by atoms with Crippen LogP contribution in [0.3, 0.4) is 0 Å². The molecule has 7 nitrogen and oxygen atoms in total. The van der Waals surface area contributed by atoms with Crippen LogP contribution >= 0.6 is 0 Å². The first-order valence-corrected chi connectivity index (χ1v) is 21.0. The van der Waals surface area contributed by atoms with E-state index in [4.69, 9.17) is 9.72 Å². The summed E-state index contributed by atoms with van der Waals surface area (Å²) in [6.07, 6.45) is 9.31. The van der Waals surface area contributed by atoms with Gasteiger partial charge in [0.15, 0.2) is 0 Å². The molecule has 308 valence electrons. The second-order valence-electron chi connectivity index (χ2n) is 17.0. The van der Waals surface area contributed by atoms with Crippen LogP contribution in [0.4, 0.5) is 0 Å². The molecule has 0 bridgehead atoms. The van der Waals surface area contributed by atoms with Crippen molar-refractivity contribution in [1.29, 1.82) is 0 Å². The molecule has 0 fully saturated rings. The zero-order chi connectivity index (χ0) is 41.7. The van der Waals surface area contributed by atoms with Crippen molar-refractivity contribution in [2.45, 2.75) is 26.2 Å². The molecule has 0 N–H and O–H groups in total. The SMILES string of the molecule is Cn1c2ccccc2c2c1c1c(c3ccc(Oc4[c-]c(-[n+]5[c-]n(-c6ccccc6)cc5)ccc4)[c-]c3n1-c1cc(C(C)(C)C)ccn1)c1c3ccccc3n(-c3ccccc3)c12.[Pt]. The van der Waals surface area contributed by atoms with Gasteiger partial charge < -0.3 is 23.0 Å². The number of aryl methyl sites for hydroxylation is 1. The van der Waals surface area contributed by atoms with Gasteiger partial charge in [0.25, 0.3) is 6.33 Å². The van der Waals surface area contributed by atoms with Crippen LogP contribution in [-0.2, 0) is 33.5 Å². The molecule has 12 rings (SSSR count). The number of rotatable bonds is 6. The minimum absolute atomic E-state index is 0. The Morgan fingerprint density at radius 2 is 1.25 bits per heavy atom. The third-order valence-electron chi connectivity index (χ3n) is 12.2. The topological polar surface area (TPSA) is 45.7 Å². The predicted molar refractivity (Wildman–Crippen MR) is 249 cm³/mol. The summed E-state index contributed by atoms with van der Waals surface area (Å²) < 4.78 is 17.7. The van der Waals surface area contributed by atoms with Gasteiger partial charge >= 0.3 is 0 Å². The molecular formula is C55H40N6OPt-2. The maximum Gasteiger partial charge on any atom is 0.267 e. The molecule has 0 radical (unpaired) electrons. The molecule has 8 heteroatoms. The third kappa shape index (κ3) is 6.06. The van der Waals surface area contributed by atoms with Gasteiger partial charge in [-0.25, -0.2) is 4.98 Å². The van der Waals surface area contributed by atoms with E-state index in [2.05, 4.69) is 169 Å². The number of imidazole rings is 1. The normalized spacial score (nSPS) is 12.0. The number of nitrogens with zero attached hydrogens (tertiary/aromatic N) is 6. The van der Waals surface area contributed by atoms with Crippen LogP contribution < -0.4 is 9.30 Å². The van der Waals surface area contributed by atoms with Crippen LogP contribution in [0, 0.1) is 18.5 Å². The quantitative estimate of drug-likeness (QED) is 0.123. The smallest absolute Gasteiger partial charge is 0.267 e. The van der Waals surface area contributed by atoms with Crippen molar-refractivity contribution in [3.8, 4) is 34.4 Å². The zero-order valence-electron chi connectivity index (χ0n) is 35.1. The first-order valence-electron chi connectivity index (χ1n) is 21.0. The molecule has 0 unspecified atom stereocenters. The van der Waals surface area contributed by atoms with E-state index in [9.17, 15) is 0 Å². The Kier molecular flexibility index (Phi) is 9.04. The fourth-order valence-electron chi connectivity index (χ4n) is 9.39. The minimum Gasteiger partial charge on any atom is -0.510 e. The van der Waals surface area contributed by atoms with Crippen LogP contribution in [0.25, 0.3) is 88.3 Å². The summed E-state index contributed by atoms with van der Waals surface area (Å²) in [5.74, 6) is 1.98. The molecule has 0 aliphatic rings. The molecule has 63 heavy (non-hydrogen) atoms. The van der Waals surface area contributed by atoms with Crippen molar-refractivity contribution in [3.05, 3.63) is 194 Å². The molecule has 0 saturated carbocycles. The van der Waals surface area contributed by atoms with E-state index in [1.165, 1.54) is 32.6 Å². The number of ether oxygens (including phenoxy) is 1. The molecule has 0 atom stereocenters. The van der Waals surface area contributed by atoms with E-state index < -0.39 is 0 Å². The number of hydrogen-bond donors (Lipinski definition) is 0.